The zero-order chi connectivity index (χ0) is 11.6. The number of nitrogens with zero attached hydrogens (tertiary/aromatic N) is 2. The molecule has 2 aromatic heterocycles. The first-order valence-electron chi connectivity index (χ1n) is 5.39. The van der Waals surface area contributed by atoms with Crippen LogP contribution in [0.4, 0.5) is 0 Å². The smallest absolute Gasteiger partial charge is 0.0973 e. The van der Waals surface area contributed by atoms with E-state index in [0.717, 1.165) is 11.4 Å². The summed E-state index contributed by atoms with van der Waals surface area (Å²) >= 11 is 1.73. The number of hydrogen-bond donors (Lipinski definition) is 0. The third-order valence-corrected chi connectivity index (χ3v) is 3.25. The van der Waals surface area contributed by atoms with Crippen molar-refractivity contribution in [2.24, 2.45) is 0 Å². The first-order chi connectivity index (χ1) is 7.55. The maximum Gasteiger partial charge on any atom is 0.0973 e. The third kappa shape index (κ3) is 2.67. The van der Waals surface area contributed by atoms with E-state index in [-0.39, 0.29) is 5.41 Å². The summed E-state index contributed by atoms with van der Waals surface area (Å²) in [5.74, 6) is 0. The summed E-state index contributed by atoms with van der Waals surface area (Å²) in [4.78, 5) is 8.78. The van der Waals surface area contributed by atoms with E-state index in [4.69, 9.17) is 0 Å². The van der Waals surface area contributed by atoms with E-state index in [1.54, 1.807) is 17.5 Å². The summed E-state index contributed by atoms with van der Waals surface area (Å²) in [6.07, 6.45) is 4.58. The third-order valence-electron chi connectivity index (χ3n) is 2.40. The van der Waals surface area contributed by atoms with Crippen LogP contribution < -0.4 is 0 Å². The van der Waals surface area contributed by atoms with E-state index in [0.29, 0.717) is 0 Å². The lowest BCUT2D eigenvalue weighted by atomic mass is 9.93. The van der Waals surface area contributed by atoms with Gasteiger partial charge in [-0.1, -0.05) is 26.8 Å². The Morgan fingerprint density at radius 3 is 2.69 bits per heavy atom. The summed E-state index contributed by atoms with van der Waals surface area (Å²) in [5.41, 5.74) is 2.54. The topological polar surface area (TPSA) is 25.8 Å². The fourth-order valence-corrected chi connectivity index (χ4v) is 2.47. The minimum absolute atomic E-state index is 0.143. The van der Waals surface area contributed by atoms with E-state index in [9.17, 15) is 0 Å². The van der Waals surface area contributed by atoms with Crippen molar-refractivity contribution >= 4 is 11.3 Å². The van der Waals surface area contributed by atoms with Crippen LogP contribution in [0.2, 0.25) is 0 Å². The van der Waals surface area contributed by atoms with Crippen LogP contribution in [0.3, 0.4) is 0 Å². The Kier molecular flexibility index (Phi) is 3.06. The van der Waals surface area contributed by atoms with E-state index >= 15 is 0 Å². The maximum absolute atomic E-state index is 4.67. The van der Waals surface area contributed by atoms with Gasteiger partial charge in [0.05, 0.1) is 10.7 Å². The van der Waals surface area contributed by atoms with Crippen LogP contribution in [-0.4, -0.2) is 9.97 Å². The molecule has 0 atom stereocenters. The molecule has 0 spiro atoms. The second kappa shape index (κ2) is 4.34. The zero-order valence-corrected chi connectivity index (χ0v) is 10.7. The Balaban J connectivity index is 2.15. The zero-order valence-electron chi connectivity index (χ0n) is 9.90. The van der Waals surface area contributed by atoms with Crippen molar-refractivity contribution in [3.05, 3.63) is 46.2 Å². The molecule has 0 unspecified atom stereocenters. The summed E-state index contributed by atoms with van der Waals surface area (Å²) in [6.45, 7) is 6.57. The molecule has 0 aliphatic rings. The van der Waals surface area contributed by atoms with Crippen molar-refractivity contribution in [3.8, 4) is 0 Å². The van der Waals surface area contributed by atoms with Gasteiger partial charge < -0.3 is 0 Å². The molecule has 3 heteroatoms. The van der Waals surface area contributed by atoms with Crippen LogP contribution in [0, 0.1) is 0 Å². The normalized spacial score (nSPS) is 11.7. The number of rotatable bonds is 2. The van der Waals surface area contributed by atoms with Crippen LogP contribution in [-0.2, 0) is 11.8 Å². The number of aromatic nitrogens is 2. The molecule has 0 saturated heterocycles. The Morgan fingerprint density at radius 2 is 2.12 bits per heavy atom. The molecule has 2 heterocycles. The monoisotopic (exact) mass is 232 g/mol. The molecule has 0 saturated carbocycles. The molecule has 16 heavy (non-hydrogen) atoms. The van der Waals surface area contributed by atoms with Gasteiger partial charge in [0.15, 0.2) is 0 Å². The fraction of sp³-hybridized carbons (Fsp3) is 0.385. The predicted molar refractivity (Wildman–Crippen MR) is 67.9 cm³/mol. The van der Waals surface area contributed by atoms with Gasteiger partial charge in [-0.05, 0) is 11.6 Å². The second-order valence-electron chi connectivity index (χ2n) is 4.91. The van der Waals surface area contributed by atoms with Crippen LogP contribution in [0.1, 0.15) is 37.0 Å². The van der Waals surface area contributed by atoms with Crippen LogP contribution in [0.25, 0.3) is 0 Å². The molecule has 0 amide bonds. The average Bonchev–Trinajstić information content (AvgIpc) is 2.67. The Hall–Kier alpha value is -1.22. The predicted octanol–water partition coefficient (Wildman–Crippen LogP) is 3.43. The first-order valence-corrected chi connectivity index (χ1v) is 6.27. The van der Waals surface area contributed by atoms with Crippen molar-refractivity contribution in [2.45, 2.75) is 32.6 Å². The van der Waals surface area contributed by atoms with Crippen LogP contribution in [0.15, 0.2) is 29.9 Å². The van der Waals surface area contributed by atoms with Crippen LogP contribution in [0.5, 0.6) is 0 Å². The van der Waals surface area contributed by atoms with Crippen molar-refractivity contribution in [1.82, 2.24) is 9.97 Å². The summed E-state index contributed by atoms with van der Waals surface area (Å²) in [7, 11) is 0. The second-order valence-corrected chi connectivity index (χ2v) is 5.86. The Morgan fingerprint density at radius 1 is 1.31 bits per heavy atom. The number of hydrogen-bond acceptors (Lipinski definition) is 3. The standard InChI is InChI=1S/C13H16N2S/c1-13(2,3)11-9-16-12(15-11)7-10-5-4-6-14-8-10/h4-6,8-9H,7H2,1-3H3. The minimum Gasteiger partial charge on any atom is -0.264 e. The van der Waals surface area contributed by atoms with Crippen molar-refractivity contribution < 1.29 is 0 Å². The highest BCUT2D eigenvalue weighted by molar-refractivity contribution is 7.09. The number of thiazole rings is 1. The minimum atomic E-state index is 0.143. The lowest BCUT2D eigenvalue weighted by Crippen LogP contribution is -2.11. The molecular formula is C13H16N2S. The quantitative estimate of drug-likeness (QED) is 0.792. The van der Waals surface area contributed by atoms with E-state index in [1.165, 1.54) is 11.3 Å². The van der Waals surface area contributed by atoms with Gasteiger partial charge in [-0.2, -0.15) is 0 Å². The lowest BCUT2D eigenvalue weighted by Gasteiger charge is -2.14. The largest absolute Gasteiger partial charge is 0.264 e. The SMILES string of the molecule is CC(C)(C)c1csc(Cc2cccnc2)n1. The van der Waals surface area contributed by atoms with Gasteiger partial charge in [0.1, 0.15) is 0 Å². The molecule has 2 nitrogen and oxygen atoms in total. The highest BCUT2D eigenvalue weighted by atomic mass is 32.1. The molecule has 2 rings (SSSR count). The van der Waals surface area contributed by atoms with Gasteiger partial charge in [-0.15, -0.1) is 11.3 Å². The first kappa shape index (κ1) is 11.3. The highest BCUT2D eigenvalue weighted by Gasteiger charge is 2.17. The molecule has 0 aliphatic carbocycles. The summed E-state index contributed by atoms with van der Waals surface area (Å²) in [5, 5.41) is 3.32. The van der Waals surface area contributed by atoms with Crippen molar-refractivity contribution in [1.29, 1.82) is 0 Å². The van der Waals surface area contributed by atoms with Gasteiger partial charge in [-0.25, -0.2) is 4.98 Å². The van der Waals surface area contributed by atoms with Crippen molar-refractivity contribution in [2.75, 3.05) is 0 Å². The fourth-order valence-electron chi connectivity index (χ4n) is 1.41. The molecule has 0 N–H and O–H groups in total. The van der Waals surface area contributed by atoms with E-state index in [1.807, 2.05) is 12.3 Å². The van der Waals surface area contributed by atoms with Gasteiger partial charge in [0.25, 0.3) is 0 Å². The number of pyridine rings is 1. The molecule has 84 valence electrons. The molecule has 0 aromatic carbocycles. The van der Waals surface area contributed by atoms with Crippen molar-refractivity contribution in [3.63, 3.8) is 0 Å². The van der Waals surface area contributed by atoms with E-state index < -0.39 is 0 Å². The molecule has 0 radical (unpaired) electrons. The average molecular weight is 232 g/mol. The van der Waals surface area contributed by atoms with Gasteiger partial charge in [-0.3, -0.25) is 4.98 Å². The Bertz CT molecular complexity index is 454. The molecule has 2 aromatic rings. The Labute approximate surface area is 100 Å². The van der Waals surface area contributed by atoms with Gasteiger partial charge in [0, 0.05) is 29.6 Å². The molecule has 0 aliphatic heterocycles. The van der Waals surface area contributed by atoms with E-state index in [2.05, 4.69) is 42.2 Å². The van der Waals surface area contributed by atoms with Crippen LogP contribution >= 0.6 is 11.3 Å². The molecule has 0 bridgehead atoms. The summed E-state index contributed by atoms with van der Waals surface area (Å²) in [6, 6.07) is 4.05. The summed E-state index contributed by atoms with van der Waals surface area (Å²) < 4.78 is 0. The highest BCUT2D eigenvalue weighted by Crippen LogP contribution is 2.24. The molecule has 0 fully saturated rings. The maximum atomic E-state index is 4.67. The van der Waals surface area contributed by atoms with Gasteiger partial charge >= 0.3 is 0 Å². The lowest BCUT2D eigenvalue weighted by molar-refractivity contribution is 0.571. The van der Waals surface area contributed by atoms with Gasteiger partial charge in [0.2, 0.25) is 0 Å². The molecular weight excluding hydrogens is 216 g/mol.